The molecule has 1 aromatic rings. The summed E-state index contributed by atoms with van der Waals surface area (Å²) < 4.78 is 16.2. The van der Waals surface area contributed by atoms with Crippen molar-refractivity contribution >= 4 is 15.9 Å². The van der Waals surface area contributed by atoms with Crippen molar-refractivity contribution in [1.82, 2.24) is 0 Å². The van der Waals surface area contributed by atoms with Crippen LogP contribution in [0.25, 0.3) is 0 Å². The van der Waals surface area contributed by atoms with Gasteiger partial charge in [0.15, 0.2) is 11.5 Å². The van der Waals surface area contributed by atoms with E-state index >= 15 is 0 Å². The van der Waals surface area contributed by atoms with Crippen molar-refractivity contribution in [3.8, 4) is 17.2 Å². The predicted molar refractivity (Wildman–Crippen MR) is 74.9 cm³/mol. The van der Waals surface area contributed by atoms with E-state index in [9.17, 15) is 0 Å². The minimum absolute atomic E-state index is 0.312. The van der Waals surface area contributed by atoms with Gasteiger partial charge in [0.1, 0.15) is 5.75 Å². The molecule has 0 fully saturated rings. The topological polar surface area (TPSA) is 27.7 Å². The first-order chi connectivity index (χ1) is 8.90. The maximum atomic E-state index is 5.69. The van der Waals surface area contributed by atoms with Gasteiger partial charge in [-0.3, -0.25) is 0 Å². The highest BCUT2D eigenvalue weighted by molar-refractivity contribution is 9.09. The molecule has 1 aliphatic rings. The first-order valence-corrected chi connectivity index (χ1v) is 7.61. The fourth-order valence-corrected chi connectivity index (χ4v) is 2.28. The molecule has 0 aliphatic carbocycles. The number of unbranched alkanes of at least 4 members (excludes halogenated alkanes) is 4. The third-order valence-electron chi connectivity index (χ3n) is 2.89. The summed E-state index contributed by atoms with van der Waals surface area (Å²) in [6, 6.07) is 5.72. The Balaban J connectivity index is 1.62. The summed E-state index contributed by atoms with van der Waals surface area (Å²) >= 11 is 3.44. The van der Waals surface area contributed by atoms with Gasteiger partial charge in [0, 0.05) is 11.4 Å². The summed E-state index contributed by atoms with van der Waals surface area (Å²) in [7, 11) is 0. The maximum Gasteiger partial charge on any atom is 0.231 e. The monoisotopic (exact) mass is 314 g/mol. The molecule has 18 heavy (non-hydrogen) atoms. The molecule has 100 valence electrons. The molecule has 0 atom stereocenters. The Hall–Kier alpha value is -0.900. The van der Waals surface area contributed by atoms with Gasteiger partial charge in [-0.1, -0.05) is 35.2 Å². The Kier molecular flexibility index (Phi) is 5.65. The first-order valence-electron chi connectivity index (χ1n) is 6.48. The van der Waals surface area contributed by atoms with Crippen LogP contribution >= 0.6 is 15.9 Å². The van der Waals surface area contributed by atoms with E-state index < -0.39 is 0 Å². The molecule has 0 unspecified atom stereocenters. The fraction of sp³-hybridized carbons (Fsp3) is 0.571. The Morgan fingerprint density at radius 3 is 2.67 bits per heavy atom. The third kappa shape index (κ3) is 4.09. The Labute approximate surface area is 117 Å². The number of alkyl halides is 1. The minimum Gasteiger partial charge on any atom is -0.493 e. The molecule has 0 aromatic heterocycles. The second-order valence-electron chi connectivity index (χ2n) is 4.32. The number of rotatable bonds is 8. The van der Waals surface area contributed by atoms with Crippen LogP contribution in [0.4, 0.5) is 0 Å². The van der Waals surface area contributed by atoms with E-state index in [-0.39, 0.29) is 0 Å². The molecular weight excluding hydrogens is 296 g/mol. The van der Waals surface area contributed by atoms with Crippen LogP contribution in [0.2, 0.25) is 0 Å². The van der Waals surface area contributed by atoms with Crippen LogP contribution in [0.15, 0.2) is 18.2 Å². The van der Waals surface area contributed by atoms with Crippen molar-refractivity contribution in [3.63, 3.8) is 0 Å². The smallest absolute Gasteiger partial charge is 0.231 e. The van der Waals surface area contributed by atoms with Gasteiger partial charge >= 0.3 is 0 Å². The molecule has 1 aromatic carbocycles. The van der Waals surface area contributed by atoms with E-state index in [4.69, 9.17) is 14.2 Å². The summed E-state index contributed by atoms with van der Waals surface area (Å²) in [4.78, 5) is 0. The lowest BCUT2D eigenvalue weighted by Crippen LogP contribution is -1.97. The largest absolute Gasteiger partial charge is 0.493 e. The standard InChI is InChI=1S/C14H19BrO3/c15-8-4-2-1-3-5-9-16-12-6-7-13-14(10-12)18-11-17-13/h6-7,10H,1-5,8-9,11H2. The second-order valence-corrected chi connectivity index (χ2v) is 5.11. The van der Waals surface area contributed by atoms with Crippen LogP contribution in [0.5, 0.6) is 17.2 Å². The molecule has 4 heteroatoms. The van der Waals surface area contributed by atoms with Crippen molar-refractivity contribution in [2.24, 2.45) is 0 Å². The number of benzene rings is 1. The van der Waals surface area contributed by atoms with Gasteiger partial charge in [0.2, 0.25) is 6.79 Å². The number of hydrogen-bond donors (Lipinski definition) is 0. The summed E-state index contributed by atoms with van der Waals surface area (Å²) in [6.45, 7) is 1.08. The summed E-state index contributed by atoms with van der Waals surface area (Å²) in [6.07, 6.45) is 6.20. The van der Waals surface area contributed by atoms with E-state index in [1.165, 1.54) is 25.7 Å². The molecule has 1 heterocycles. The Morgan fingerprint density at radius 2 is 1.78 bits per heavy atom. The van der Waals surface area contributed by atoms with Crippen molar-refractivity contribution in [3.05, 3.63) is 18.2 Å². The zero-order chi connectivity index (χ0) is 12.6. The first kappa shape index (κ1) is 13.5. The lowest BCUT2D eigenvalue weighted by Gasteiger charge is -2.06. The highest BCUT2D eigenvalue weighted by atomic mass is 79.9. The number of halogens is 1. The Bertz CT molecular complexity index is 368. The number of hydrogen-bond acceptors (Lipinski definition) is 3. The van der Waals surface area contributed by atoms with Gasteiger partial charge in [0.05, 0.1) is 6.61 Å². The van der Waals surface area contributed by atoms with Gasteiger partial charge in [-0.15, -0.1) is 0 Å². The van der Waals surface area contributed by atoms with Crippen LogP contribution in [0, 0.1) is 0 Å². The van der Waals surface area contributed by atoms with Gasteiger partial charge < -0.3 is 14.2 Å². The van der Waals surface area contributed by atoms with Crippen molar-refractivity contribution in [2.45, 2.75) is 32.1 Å². The molecule has 0 radical (unpaired) electrons. The summed E-state index contributed by atoms with van der Waals surface area (Å²) in [5.74, 6) is 2.45. The second kappa shape index (κ2) is 7.52. The molecule has 3 nitrogen and oxygen atoms in total. The van der Waals surface area contributed by atoms with Crippen molar-refractivity contribution in [2.75, 3.05) is 18.7 Å². The minimum atomic E-state index is 0.312. The number of fused-ring (bicyclic) bond motifs is 1. The summed E-state index contributed by atoms with van der Waals surface area (Å²) in [5.41, 5.74) is 0. The normalized spacial score (nSPS) is 12.7. The lowest BCUT2D eigenvalue weighted by atomic mass is 10.2. The number of ether oxygens (including phenoxy) is 3. The quantitative estimate of drug-likeness (QED) is 0.533. The van der Waals surface area contributed by atoms with Crippen LogP contribution in [0.1, 0.15) is 32.1 Å². The lowest BCUT2D eigenvalue weighted by molar-refractivity contribution is 0.173. The van der Waals surface area contributed by atoms with E-state index in [0.717, 1.165) is 35.6 Å². The van der Waals surface area contributed by atoms with Gasteiger partial charge in [-0.05, 0) is 25.0 Å². The molecule has 0 amide bonds. The van der Waals surface area contributed by atoms with Crippen molar-refractivity contribution < 1.29 is 14.2 Å². The van der Waals surface area contributed by atoms with Crippen LogP contribution in [-0.2, 0) is 0 Å². The summed E-state index contributed by atoms with van der Waals surface area (Å²) in [5, 5.41) is 1.11. The van der Waals surface area contributed by atoms with E-state index in [0.29, 0.717) is 6.79 Å². The van der Waals surface area contributed by atoms with E-state index in [2.05, 4.69) is 15.9 Å². The van der Waals surface area contributed by atoms with Crippen LogP contribution < -0.4 is 14.2 Å². The SMILES string of the molecule is BrCCCCCCCOc1ccc2c(c1)OCO2. The van der Waals surface area contributed by atoms with Crippen LogP contribution in [-0.4, -0.2) is 18.7 Å². The molecule has 0 N–H and O–H groups in total. The predicted octanol–water partition coefficient (Wildman–Crippen LogP) is 4.14. The highest BCUT2D eigenvalue weighted by Crippen LogP contribution is 2.35. The zero-order valence-electron chi connectivity index (χ0n) is 10.5. The molecule has 0 saturated heterocycles. The van der Waals surface area contributed by atoms with E-state index in [1.54, 1.807) is 0 Å². The van der Waals surface area contributed by atoms with Gasteiger partial charge in [0.25, 0.3) is 0 Å². The van der Waals surface area contributed by atoms with Crippen LogP contribution in [0.3, 0.4) is 0 Å². The van der Waals surface area contributed by atoms with Gasteiger partial charge in [-0.25, -0.2) is 0 Å². The molecule has 0 saturated carbocycles. The highest BCUT2D eigenvalue weighted by Gasteiger charge is 2.13. The van der Waals surface area contributed by atoms with Gasteiger partial charge in [-0.2, -0.15) is 0 Å². The third-order valence-corrected chi connectivity index (χ3v) is 3.45. The maximum absolute atomic E-state index is 5.69. The Morgan fingerprint density at radius 1 is 1.00 bits per heavy atom. The average Bonchev–Trinajstić information content (AvgIpc) is 2.85. The molecule has 2 rings (SSSR count). The fourth-order valence-electron chi connectivity index (χ4n) is 1.88. The molecule has 0 bridgehead atoms. The molecule has 0 spiro atoms. The molecule has 1 aliphatic heterocycles. The molecular formula is C14H19BrO3. The van der Waals surface area contributed by atoms with E-state index in [1.807, 2.05) is 18.2 Å². The van der Waals surface area contributed by atoms with Crippen molar-refractivity contribution in [1.29, 1.82) is 0 Å². The zero-order valence-corrected chi connectivity index (χ0v) is 12.1. The average molecular weight is 315 g/mol.